The lowest BCUT2D eigenvalue weighted by molar-refractivity contribution is -0.129. The molecule has 0 radical (unpaired) electrons. The average Bonchev–Trinajstić information content (AvgIpc) is 3.61. The SMILES string of the molecule is CC(C)(C)C1C(O)=C(C2=NS(=O)(=O)c3c(CNS(=O)(=O)C4CC4)cccc32)C(=O)N1Cc1ccc(F)cc1. The molecule has 0 aromatic heterocycles. The van der Waals surface area contributed by atoms with Gasteiger partial charge >= 0.3 is 0 Å². The Hall–Kier alpha value is -3.09. The number of nitrogens with zero attached hydrogens (tertiary/aromatic N) is 2. The summed E-state index contributed by atoms with van der Waals surface area (Å²) in [5.74, 6) is -1.33. The second-order valence-corrected chi connectivity index (χ2v) is 14.4. The fourth-order valence-corrected chi connectivity index (χ4v) is 7.77. The van der Waals surface area contributed by atoms with Crippen LogP contribution in [0.4, 0.5) is 4.39 Å². The first-order chi connectivity index (χ1) is 17.7. The van der Waals surface area contributed by atoms with Gasteiger partial charge in [0.15, 0.2) is 0 Å². The van der Waals surface area contributed by atoms with Gasteiger partial charge < -0.3 is 10.0 Å². The normalized spacial score (nSPS) is 21.2. The van der Waals surface area contributed by atoms with E-state index in [-0.39, 0.29) is 46.2 Å². The maximum absolute atomic E-state index is 13.7. The van der Waals surface area contributed by atoms with Crippen LogP contribution in [-0.2, 0) is 37.9 Å². The van der Waals surface area contributed by atoms with E-state index in [2.05, 4.69) is 9.12 Å². The Kier molecular flexibility index (Phi) is 6.27. The number of sulfonamides is 2. The van der Waals surface area contributed by atoms with E-state index >= 15 is 0 Å². The fourth-order valence-electron chi connectivity index (χ4n) is 4.99. The molecule has 1 amide bonds. The van der Waals surface area contributed by atoms with Crippen LogP contribution in [0.5, 0.6) is 0 Å². The molecule has 1 unspecified atom stereocenters. The summed E-state index contributed by atoms with van der Waals surface area (Å²) < 4.78 is 70.8. The summed E-state index contributed by atoms with van der Waals surface area (Å²) in [6.07, 6.45) is 1.12. The Morgan fingerprint density at radius 1 is 1.13 bits per heavy atom. The van der Waals surface area contributed by atoms with E-state index < -0.39 is 48.5 Å². The third-order valence-corrected chi connectivity index (χ3v) is 10.2. The molecule has 2 aromatic carbocycles. The summed E-state index contributed by atoms with van der Waals surface area (Å²) in [4.78, 5) is 15.0. The van der Waals surface area contributed by atoms with Crippen LogP contribution in [0.3, 0.4) is 0 Å². The van der Waals surface area contributed by atoms with Crippen molar-refractivity contribution in [1.82, 2.24) is 9.62 Å². The maximum Gasteiger partial charge on any atom is 0.283 e. The van der Waals surface area contributed by atoms with Gasteiger partial charge in [-0.2, -0.15) is 12.8 Å². The molecule has 1 fully saturated rings. The lowest BCUT2D eigenvalue weighted by Gasteiger charge is -2.35. The fraction of sp³-hybridized carbons (Fsp3) is 0.385. The van der Waals surface area contributed by atoms with E-state index in [9.17, 15) is 31.1 Å². The topological polar surface area (TPSA) is 133 Å². The van der Waals surface area contributed by atoms with Crippen molar-refractivity contribution in [1.29, 1.82) is 0 Å². The lowest BCUT2D eigenvalue weighted by atomic mass is 9.84. The zero-order valence-corrected chi connectivity index (χ0v) is 22.7. The zero-order valence-electron chi connectivity index (χ0n) is 21.1. The van der Waals surface area contributed by atoms with Gasteiger partial charge in [0.2, 0.25) is 10.0 Å². The largest absolute Gasteiger partial charge is 0.509 e. The van der Waals surface area contributed by atoms with Crippen LogP contribution in [0.2, 0.25) is 0 Å². The second kappa shape index (κ2) is 8.99. The number of carbonyl (C=O) groups is 1. The number of rotatable bonds is 7. The molecule has 0 bridgehead atoms. The molecule has 2 aliphatic heterocycles. The summed E-state index contributed by atoms with van der Waals surface area (Å²) >= 11 is 0. The molecular weight excluding hydrogens is 533 g/mol. The van der Waals surface area contributed by atoms with Gasteiger partial charge in [-0.15, -0.1) is 0 Å². The Labute approximate surface area is 221 Å². The summed E-state index contributed by atoms with van der Waals surface area (Å²) in [6, 6.07) is 9.38. The predicted molar refractivity (Wildman–Crippen MR) is 139 cm³/mol. The highest BCUT2D eigenvalue weighted by Crippen LogP contribution is 2.41. The van der Waals surface area contributed by atoms with Crippen molar-refractivity contribution in [3.63, 3.8) is 0 Å². The van der Waals surface area contributed by atoms with E-state index in [0.29, 0.717) is 18.4 Å². The van der Waals surface area contributed by atoms with E-state index in [1.165, 1.54) is 29.2 Å². The van der Waals surface area contributed by atoms with Crippen molar-refractivity contribution in [3.05, 3.63) is 76.3 Å². The third kappa shape index (κ3) is 4.65. The van der Waals surface area contributed by atoms with Crippen LogP contribution in [0.1, 0.15) is 50.3 Å². The summed E-state index contributed by atoms with van der Waals surface area (Å²) in [7, 11) is -7.85. The summed E-state index contributed by atoms with van der Waals surface area (Å²) in [5.41, 5.74) is -0.0680. The molecule has 5 rings (SSSR count). The van der Waals surface area contributed by atoms with Gasteiger partial charge in [-0.3, -0.25) is 4.79 Å². The minimum Gasteiger partial charge on any atom is -0.509 e. The van der Waals surface area contributed by atoms with Crippen molar-refractivity contribution in [2.24, 2.45) is 9.81 Å². The Morgan fingerprint density at radius 3 is 2.39 bits per heavy atom. The van der Waals surface area contributed by atoms with Crippen molar-refractivity contribution < 1.29 is 31.1 Å². The standard InChI is InChI=1S/C26H28FN3O6S2/c1-26(2,3)24-22(31)20(25(32)30(24)14-15-7-9-17(27)10-8-15)21-19-6-4-5-16(23(19)38(35,36)29-21)13-28-37(33,34)18-11-12-18/h4-10,18,24,28,31H,11-14H2,1-3H3. The highest BCUT2D eigenvalue weighted by atomic mass is 32.2. The van der Waals surface area contributed by atoms with Crippen LogP contribution in [0.25, 0.3) is 0 Å². The van der Waals surface area contributed by atoms with Crippen molar-refractivity contribution in [2.75, 3.05) is 0 Å². The molecule has 202 valence electrons. The second-order valence-electron chi connectivity index (χ2n) is 10.9. The first kappa shape index (κ1) is 26.5. The molecule has 38 heavy (non-hydrogen) atoms. The molecule has 1 saturated carbocycles. The number of aliphatic hydroxyl groups excluding tert-OH is 1. The molecule has 1 aliphatic carbocycles. The molecule has 1 atom stereocenters. The Balaban J connectivity index is 1.54. The Bertz CT molecular complexity index is 1600. The smallest absolute Gasteiger partial charge is 0.283 e. The van der Waals surface area contributed by atoms with Gasteiger partial charge in [-0.1, -0.05) is 51.1 Å². The van der Waals surface area contributed by atoms with Crippen molar-refractivity contribution >= 4 is 31.7 Å². The molecule has 2 N–H and O–H groups in total. The van der Waals surface area contributed by atoms with Gasteiger partial charge in [0.1, 0.15) is 27.8 Å². The third-order valence-electron chi connectivity index (χ3n) is 6.87. The lowest BCUT2D eigenvalue weighted by Crippen LogP contribution is -2.43. The van der Waals surface area contributed by atoms with Crippen LogP contribution in [-0.4, -0.2) is 49.8 Å². The van der Waals surface area contributed by atoms with Gasteiger partial charge in [0, 0.05) is 18.7 Å². The number of fused-ring (bicyclic) bond motifs is 1. The number of amides is 1. The minimum absolute atomic E-state index is 0.0600. The van der Waals surface area contributed by atoms with Crippen molar-refractivity contribution in [3.8, 4) is 0 Å². The number of benzene rings is 2. The monoisotopic (exact) mass is 561 g/mol. The predicted octanol–water partition coefficient (Wildman–Crippen LogP) is 3.17. The highest BCUT2D eigenvalue weighted by molar-refractivity contribution is 7.91. The van der Waals surface area contributed by atoms with Gasteiger partial charge in [-0.05, 0) is 41.5 Å². The highest BCUT2D eigenvalue weighted by Gasteiger charge is 2.49. The first-order valence-electron chi connectivity index (χ1n) is 12.2. The zero-order chi connectivity index (χ0) is 27.6. The van der Waals surface area contributed by atoms with Gasteiger partial charge in [0.25, 0.3) is 15.9 Å². The number of hydrogen-bond acceptors (Lipinski definition) is 6. The summed E-state index contributed by atoms with van der Waals surface area (Å²) in [6.45, 7) is 5.34. The number of aliphatic hydroxyl groups is 1. The quantitative estimate of drug-likeness (QED) is 0.534. The average molecular weight is 562 g/mol. The van der Waals surface area contributed by atoms with Crippen molar-refractivity contribution in [2.45, 2.75) is 62.9 Å². The maximum atomic E-state index is 13.7. The molecular formula is C26H28FN3O6S2. The first-order valence-corrected chi connectivity index (χ1v) is 15.1. The van der Waals surface area contributed by atoms with E-state index in [0.717, 1.165) is 0 Å². The number of carbonyl (C=O) groups excluding carboxylic acids is 1. The molecule has 0 saturated heterocycles. The molecule has 3 aliphatic rings. The molecule has 12 heteroatoms. The van der Waals surface area contributed by atoms with Crippen LogP contribution < -0.4 is 4.72 Å². The van der Waals surface area contributed by atoms with E-state index in [1.54, 1.807) is 18.2 Å². The minimum atomic E-state index is -4.28. The molecule has 2 aromatic rings. The number of halogens is 1. The van der Waals surface area contributed by atoms with Crippen LogP contribution in [0.15, 0.2) is 63.1 Å². The summed E-state index contributed by atoms with van der Waals surface area (Å²) in [5, 5.41) is 10.9. The van der Waals surface area contributed by atoms with Gasteiger partial charge in [0.05, 0.1) is 11.3 Å². The number of nitrogens with one attached hydrogen (secondary N) is 1. The van der Waals surface area contributed by atoms with E-state index in [1.807, 2.05) is 20.8 Å². The van der Waals surface area contributed by atoms with E-state index in [4.69, 9.17) is 0 Å². The molecule has 0 spiro atoms. The molecule has 9 nitrogen and oxygen atoms in total. The van der Waals surface area contributed by atoms with Crippen LogP contribution in [0, 0.1) is 11.2 Å². The molecule has 2 heterocycles. The Morgan fingerprint density at radius 2 is 1.79 bits per heavy atom. The van der Waals surface area contributed by atoms with Crippen LogP contribution >= 0.6 is 0 Å². The number of hydrogen-bond donors (Lipinski definition) is 2. The van der Waals surface area contributed by atoms with Gasteiger partial charge in [-0.25, -0.2) is 17.5 Å².